The normalized spacial score (nSPS) is 7.40. The minimum atomic E-state index is 1.06. The second kappa shape index (κ2) is 17.4. The summed E-state index contributed by atoms with van der Waals surface area (Å²) in [4.78, 5) is 2.75. The summed E-state index contributed by atoms with van der Waals surface area (Å²) in [6, 6.07) is 20.8. The van der Waals surface area contributed by atoms with Crippen molar-refractivity contribution in [3.8, 4) is 11.1 Å². The predicted octanol–water partition coefficient (Wildman–Crippen LogP) is 6.32. The SMILES string of the molecule is CC.CCBr.[C-]#[N+]C.c1ccc(-c2ccccc2)cc1. The minimum Gasteiger partial charge on any atom is -0.320 e. The second-order valence-corrected chi connectivity index (χ2v) is 4.34. The summed E-state index contributed by atoms with van der Waals surface area (Å²) in [6.07, 6.45) is 0. The Morgan fingerprint density at radius 1 is 0.850 bits per heavy atom. The lowest BCUT2D eigenvalue weighted by Crippen LogP contribution is -1.73. The van der Waals surface area contributed by atoms with Crippen LogP contribution in [0.25, 0.3) is 16.0 Å². The Balaban J connectivity index is 0. The second-order valence-electron chi connectivity index (χ2n) is 3.22. The summed E-state index contributed by atoms with van der Waals surface area (Å²) < 4.78 is 0. The van der Waals surface area contributed by atoms with E-state index in [9.17, 15) is 0 Å². The van der Waals surface area contributed by atoms with Crippen molar-refractivity contribution in [2.45, 2.75) is 20.8 Å². The maximum absolute atomic E-state index is 5.83. The molecule has 0 bridgehead atoms. The fourth-order valence-corrected chi connectivity index (χ4v) is 1.26. The molecule has 0 aliphatic heterocycles. The highest BCUT2D eigenvalue weighted by Gasteiger charge is 1.91. The van der Waals surface area contributed by atoms with Gasteiger partial charge in [0.2, 0.25) is 7.05 Å². The largest absolute Gasteiger partial charge is 0.320 e. The van der Waals surface area contributed by atoms with E-state index in [0.29, 0.717) is 0 Å². The Kier molecular flexibility index (Phi) is 18.0. The highest BCUT2D eigenvalue weighted by atomic mass is 79.9. The number of alkyl halides is 1. The molecule has 2 rings (SSSR count). The van der Waals surface area contributed by atoms with Crippen LogP contribution >= 0.6 is 15.9 Å². The minimum absolute atomic E-state index is 1.06. The van der Waals surface area contributed by atoms with Crippen LogP contribution in [0.4, 0.5) is 0 Å². The van der Waals surface area contributed by atoms with Crippen LogP contribution in [0.15, 0.2) is 60.7 Å². The molecule has 0 saturated carbocycles. The van der Waals surface area contributed by atoms with Crippen LogP contribution in [0.1, 0.15) is 20.8 Å². The average molecular weight is 334 g/mol. The average Bonchev–Trinajstić information content (AvgIpc) is 2.53. The molecule has 2 aromatic rings. The van der Waals surface area contributed by atoms with Gasteiger partial charge in [-0.1, -0.05) is 97.4 Å². The van der Waals surface area contributed by atoms with Crippen molar-refractivity contribution in [2.24, 2.45) is 0 Å². The highest BCUT2D eigenvalue weighted by molar-refractivity contribution is 9.09. The summed E-state index contributed by atoms with van der Waals surface area (Å²) in [7, 11) is 1.42. The Labute approximate surface area is 132 Å². The molecular formula is C18H24BrN. The first-order valence-corrected chi connectivity index (χ1v) is 7.84. The van der Waals surface area contributed by atoms with Crippen molar-refractivity contribution in [2.75, 3.05) is 12.4 Å². The number of benzene rings is 2. The Bertz CT molecular complexity index is 394. The molecule has 0 amide bonds. The molecule has 0 N–H and O–H groups in total. The Morgan fingerprint density at radius 3 is 1.25 bits per heavy atom. The van der Waals surface area contributed by atoms with E-state index in [1.165, 1.54) is 18.2 Å². The zero-order valence-corrected chi connectivity index (χ0v) is 14.4. The van der Waals surface area contributed by atoms with E-state index in [1.54, 1.807) is 0 Å². The molecule has 0 radical (unpaired) electrons. The van der Waals surface area contributed by atoms with E-state index >= 15 is 0 Å². The van der Waals surface area contributed by atoms with E-state index < -0.39 is 0 Å². The number of hydrogen-bond acceptors (Lipinski definition) is 0. The van der Waals surface area contributed by atoms with E-state index in [-0.39, 0.29) is 0 Å². The standard InChI is InChI=1S/C12H10.C2H5Br.C2H3N.C2H6/c1-3-7-11(8-4-1)12-9-5-2-6-10-12;1-2-3;1-3-2;1-2/h1-10H;2H2,1H3;1H3;1-2H3. The van der Waals surface area contributed by atoms with Crippen LogP contribution < -0.4 is 0 Å². The summed E-state index contributed by atoms with van der Waals surface area (Å²) in [5.74, 6) is 0. The molecule has 20 heavy (non-hydrogen) atoms. The summed E-state index contributed by atoms with van der Waals surface area (Å²) in [5.41, 5.74) is 2.55. The van der Waals surface area contributed by atoms with E-state index in [1.807, 2.05) is 32.9 Å². The third-order valence-corrected chi connectivity index (χ3v) is 1.88. The van der Waals surface area contributed by atoms with Crippen molar-refractivity contribution < 1.29 is 0 Å². The first-order valence-electron chi connectivity index (χ1n) is 6.72. The number of nitrogens with zero attached hydrogens (tertiary/aromatic N) is 1. The molecule has 1 nitrogen and oxygen atoms in total. The van der Waals surface area contributed by atoms with Crippen LogP contribution in [0.5, 0.6) is 0 Å². The van der Waals surface area contributed by atoms with Gasteiger partial charge in [0.25, 0.3) is 0 Å². The molecule has 0 aromatic heterocycles. The molecule has 0 fully saturated rings. The number of halogens is 1. The smallest absolute Gasteiger partial charge is 0.205 e. The van der Waals surface area contributed by atoms with Gasteiger partial charge in [-0.15, -0.1) is 0 Å². The zero-order valence-electron chi connectivity index (χ0n) is 12.8. The number of hydrogen-bond donors (Lipinski definition) is 0. The first kappa shape index (κ1) is 20.7. The first-order chi connectivity index (χ1) is 9.79. The molecule has 108 valence electrons. The Morgan fingerprint density at radius 2 is 1.05 bits per heavy atom. The molecule has 2 aromatic carbocycles. The van der Waals surface area contributed by atoms with Gasteiger partial charge in [0.1, 0.15) is 0 Å². The maximum atomic E-state index is 5.83. The third-order valence-electron chi connectivity index (χ3n) is 1.88. The highest BCUT2D eigenvalue weighted by Crippen LogP contribution is 2.17. The number of rotatable bonds is 1. The summed E-state index contributed by atoms with van der Waals surface area (Å²) >= 11 is 3.15. The zero-order chi connectivity index (χ0) is 15.6. The van der Waals surface area contributed by atoms with Gasteiger partial charge >= 0.3 is 0 Å². The quantitative estimate of drug-likeness (QED) is 0.425. The van der Waals surface area contributed by atoms with Crippen LogP contribution in [0.3, 0.4) is 0 Å². The topological polar surface area (TPSA) is 4.36 Å². The summed E-state index contributed by atoms with van der Waals surface area (Å²) in [5, 5.41) is 1.06. The van der Waals surface area contributed by atoms with Gasteiger partial charge in [-0.25, -0.2) is 6.57 Å². The Hall–Kier alpha value is -1.59. The van der Waals surface area contributed by atoms with Gasteiger partial charge in [0.05, 0.1) is 0 Å². The van der Waals surface area contributed by atoms with E-state index in [4.69, 9.17) is 6.57 Å². The van der Waals surface area contributed by atoms with Gasteiger partial charge in [0.15, 0.2) is 0 Å². The lowest BCUT2D eigenvalue weighted by atomic mass is 10.1. The summed E-state index contributed by atoms with van der Waals surface area (Å²) in [6.45, 7) is 11.9. The molecular weight excluding hydrogens is 310 g/mol. The van der Waals surface area contributed by atoms with Gasteiger partial charge in [0, 0.05) is 5.33 Å². The molecule has 2 heteroatoms. The maximum Gasteiger partial charge on any atom is 0.205 e. The monoisotopic (exact) mass is 333 g/mol. The lowest BCUT2D eigenvalue weighted by Gasteiger charge is -1.98. The van der Waals surface area contributed by atoms with E-state index in [0.717, 1.165) is 5.33 Å². The fourth-order valence-electron chi connectivity index (χ4n) is 1.26. The van der Waals surface area contributed by atoms with E-state index in [2.05, 4.69) is 69.3 Å². The van der Waals surface area contributed by atoms with Gasteiger partial charge in [-0.2, -0.15) is 0 Å². The molecule has 0 aliphatic carbocycles. The molecule has 0 heterocycles. The van der Waals surface area contributed by atoms with Crippen LogP contribution in [-0.4, -0.2) is 12.4 Å². The third kappa shape index (κ3) is 11.5. The van der Waals surface area contributed by atoms with Crippen molar-refractivity contribution >= 4 is 15.9 Å². The predicted molar refractivity (Wildman–Crippen MR) is 95.2 cm³/mol. The molecule has 0 aliphatic rings. The molecule has 0 atom stereocenters. The molecule has 0 spiro atoms. The molecule has 0 unspecified atom stereocenters. The van der Waals surface area contributed by atoms with Crippen molar-refractivity contribution in [1.82, 2.24) is 0 Å². The van der Waals surface area contributed by atoms with Crippen LogP contribution in [0, 0.1) is 6.57 Å². The van der Waals surface area contributed by atoms with Gasteiger partial charge < -0.3 is 4.85 Å². The van der Waals surface area contributed by atoms with Gasteiger partial charge in [-0.3, -0.25) is 0 Å². The van der Waals surface area contributed by atoms with Crippen molar-refractivity contribution in [3.05, 3.63) is 72.1 Å². The van der Waals surface area contributed by atoms with Crippen LogP contribution in [-0.2, 0) is 0 Å². The van der Waals surface area contributed by atoms with Crippen molar-refractivity contribution in [1.29, 1.82) is 0 Å². The van der Waals surface area contributed by atoms with Crippen LogP contribution in [0.2, 0.25) is 0 Å². The fraction of sp³-hybridized carbons (Fsp3) is 0.278. The van der Waals surface area contributed by atoms with Gasteiger partial charge in [-0.05, 0) is 11.1 Å². The lowest BCUT2D eigenvalue weighted by molar-refractivity contribution is 1.50. The van der Waals surface area contributed by atoms with Crippen molar-refractivity contribution in [3.63, 3.8) is 0 Å². The molecule has 0 saturated heterocycles.